The van der Waals surface area contributed by atoms with Crippen LogP contribution < -0.4 is 5.32 Å². The molecule has 0 spiro atoms. The summed E-state index contributed by atoms with van der Waals surface area (Å²) in [5, 5.41) is 6.71. The molecule has 1 amide bonds. The van der Waals surface area contributed by atoms with Crippen LogP contribution in [0.4, 0.5) is 0 Å². The van der Waals surface area contributed by atoms with Crippen LogP contribution in [-0.4, -0.2) is 28.3 Å². The lowest BCUT2D eigenvalue weighted by atomic mass is 10.3. The Morgan fingerprint density at radius 1 is 1.53 bits per heavy atom. The van der Waals surface area contributed by atoms with Gasteiger partial charge in [0.05, 0.1) is 12.8 Å². The highest BCUT2D eigenvalue weighted by Gasteiger charge is 2.05. The van der Waals surface area contributed by atoms with Gasteiger partial charge in [0.25, 0.3) is 0 Å². The predicted molar refractivity (Wildman–Crippen MR) is 70.1 cm³/mol. The number of esters is 1. The summed E-state index contributed by atoms with van der Waals surface area (Å²) in [7, 11) is 0. The van der Waals surface area contributed by atoms with Gasteiger partial charge in [-0.15, -0.1) is 0 Å². The maximum Gasteiger partial charge on any atom is 0.332 e. The Labute approximate surface area is 112 Å². The molecule has 1 aromatic heterocycles. The number of nitrogens with one attached hydrogen (secondary N) is 1. The van der Waals surface area contributed by atoms with E-state index >= 15 is 0 Å². The first kappa shape index (κ1) is 14.9. The summed E-state index contributed by atoms with van der Waals surface area (Å²) in [4.78, 5) is 22.8. The maximum atomic E-state index is 11.6. The first-order valence-electron chi connectivity index (χ1n) is 6.15. The Kier molecular flexibility index (Phi) is 5.78. The van der Waals surface area contributed by atoms with Crippen LogP contribution in [0.25, 0.3) is 0 Å². The van der Waals surface area contributed by atoms with Crippen LogP contribution in [-0.2, 0) is 20.9 Å². The van der Waals surface area contributed by atoms with Gasteiger partial charge in [-0.1, -0.05) is 0 Å². The number of allylic oxidation sites excluding steroid dienone is 1. The molecule has 0 fully saturated rings. The first-order chi connectivity index (χ1) is 9.01. The van der Waals surface area contributed by atoms with Crippen LogP contribution in [0.15, 0.2) is 24.2 Å². The first-order valence-corrected chi connectivity index (χ1v) is 6.15. The van der Waals surface area contributed by atoms with Crippen LogP contribution in [0.5, 0.6) is 0 Å². The van der Waals surface area contributed by atoms with Crippen LogP contribution in [0.1, 0.15) is 25.8 Å². The molecule has 1 heterocycles. The van der Waals surface area contributed by atoms with Crippen molar-refractivity contribution in [2.24, 2.45) is 0 Å². The molecule has 0 aliphatic heterocycles. The summed E-state index contributed by atoms with van der Waals surface area (Å²) in [5.74, 6) is -0.616. The highest BCUT2D eigenvalue weighted by Crippen LogP contribution is 1.97. The number of hydrogen-bond donors (Lipinski definition) is 1. The van der Waals surface area contributed by atoms with Gasteiger partial charge >= 0.3 is 5.97 Å². The van der Waals surface area contributed by atoms with Gasteiger partial charge in [-0.2, -0.15) is 5.10 Å². The second kappa shape index (κ2) is 7.35. The molecule has 0 aliphatic carbocycles. The Morgan fingerprint density at radius 2 is 2.26 bits per heavy atom. The van der Waals surface area contributed by atoms with E-state index in [1.807, 2.05) is 13.1 Å². The molecule has 1 N–H and O–H groups in total. The van der Waals surface area contributed by atoms with Crippen molar-refractivity contribution in [2.75, 3.05) is 6.61 Å². The summed E-state index contributed by atoms with van der Waals surface area (Å²) in [6.07, 6.45) is 5.17. The van der Waals surface area contributed by atoms with E-state index in [9.17, 15) is 9.59 Å². The van der Waals surface area contributed by atoms with Gasteiger partial charge in [0.15, 0.2) is 0 Å². The summed E-state index contributed by atoms with van der Waals surface area (Å²) < 4.78 is 6.45. The molecular formula is C13H19N3O3. The molecule has 0 saturated heterocycles. The van der Waals surface area contributed by atoms with Crippen molar-refractivity contribution in [2.45, 2.75) is 33.7 Å². The zero-order chi connectivity index (χ0) is 14.3. The molecule has 0 aromatic carbocycles. The standard InChI is InChI=1S/C13H19N3O3/c1-4-19-13(18)7-11(3)15-12(17)5-6-16-9-10(2)8-14-16/h7-9H,4-6H2,1-3H3,(H,15,17)/b11-7+. The van der Waals surface area contributed by atoms with E-state index in [1.165, 1.54) is 6.08 Å². The second-order valence-electron chi connectivity index (χ2n) is 4.16. The zero-order valence-electron chi connectivity index (χ0n) is 11.5. The van der Waals surface area contributed by atoms with Crippen molar-refractivity contribution >= 4 is 11.9 Å². The molecule has 6 nitrogen and oxygen atoms in total. The van der Waals surface area contributed by atoms with Crippen molar-refractivity contribution in [3.8, 4) is 0 Å². The second-order valence-corrected chi connectivity index (χ2v) is 4.16. The van der Waals surface area contributed by atoms with Gasteiger partial charge in [0.1, 0.15) is 0 Å². The molecule has 0 radical (unpaired) electrons. The Bertz CT molecular complexity index is 477. The summed E-state index contributed by atoms with van der Waals surface area (Å²) >= 11 is 0. The van der Waals surface area contributed by atoms with Gasteiger partial charge in [-0.25, -0.2) is 4.79 Å². The fraction of sp³-hybridized carbons (Fsp3) is 0.462. The molecule has 0 saturated carbocycles. The number of rotatable bonds is 6. The van der Waals surface area contributed by atoms with Crippen molar-refractivity contribution in [1.82, 2.24) is 15.1 Å². The number of hydrogen-bond acceptors (Lipinski definition) is 4. The van der Waals surface area contributed by atoms with Crippen molar-refractivity contribution in [3.63, 3.8) is 0 Å². The van der Waals surface area contributed by atoms with Gasteiger partial charge in [-0.05, 0) is 26.3 Å². The lowest BCUT2D eigenvalue weighted by Crippen LogP contribution is -2.23. The van der Waals surface area contributed by atoms with Crippen LogP contribution in [0.3, 0.4) is 0 Å². The van der Waals surface area contributed by atoms with Crippen LogP contribution >= 0.6 is 0 Å². The maximum absolute atomic E-state index is 11.6. The number of carbonyl (C=O) groups excluding carboxylic acids is 2. The minimum Gasteiger partial charge on any atom is -0.463 e. The normalized spacial score (nSPS) is 11.2. The highest BCUT2D eigenvalue weighted by atomic mass is 16.5. The highest BCUT2D eigenvalue weighted by molar-refractivity contribution is 5.84. The van der Waals surface area contributed by atoms with E-state index in [2.05, 4.69) is 10.4 Å². The van der Waals surface area contributed by atoms with Crippen molar-refractivity contribution in [1.29, 1.82) is 0 Å². The number of carbonyl (C=O) groups is 2. The SMILES string of the molecule is CCOC(=O)/C=C(\C)NC(=O)CCn1cc(C)cn1. The minimum absolute atomic E-state index is 0.161. The molecule has 0 bridgehead atoms. The van der Waals surface area contributed by atoms with E-state index in [4.69, 9.17) is 4.74 Å². The molecule has 19 heavy (non-hydrogen) atoms. The topological polar surface area (TPSA) is 73.2 Å². The molecule has 1 rings (SSSR count). The average Bonchev–Trinajstić information content (AvgIpc) is 2.72. The number of amides is 1. The number of aryl methyl sites for hydroxylation is 2. The van der Waals surface area contributed by atoms with Gasteiger partial charge in [0, 0.05) is 30.9 Å². The minimum atomic E-state index is -0.456. The Hall–Kier alpha value is -2.11. The molecule has 6 heteroatoms. The van der Waals surface area contributed by atoms with E-state index in [0.29, 0.717) is 25.3 Å². The van der Waals surface area contributed by atoms with Crippen molar-refractivity contribution < 1.29 is 14.3 Å². The van der Waals surface area contributed by atoms with E-state index in [-0.39, 0.29) is 5.91 Å². The fourth-order valence-corrected chi connectivity index (χ4v) is 1.48. The summed E-state index contributed by atoms with van der Waals surface area (Å²) in [6.45, 7) is 6.13. The molecule has 0 unspecified atom stereocenters. The van der Waals surface area contributed by atoms with E-state index in [1.54, 1.807) is 24.7 Å². The van der Waals surface area contributed by atoms with Gasteiger partial charge in [0.2, 0.25) is 5.91 Å². The molecule has 104 valence electrons. The predicted octanol–water partition coefficient (Wildman–Crippen LogP) is 1.16. The zero-order valence-corrected chi connectivity index (χ0v) is 11.5. The third kappa shape index (κ3) is 5.85. The van der Waals surface area contributed by atoms with Gasteiger partial charge < -0.3 is 10.1 Å². The number of ether oxygens (including phenoxy) is 1. The monoisotopic (exact) mass is 265 g/mol. The lowest BCUT2D eigenvalue weighted by molar-refractivity contribution is -0.137. The van der Waals surface area contributed by atoms with Crippen LogP contribution in [0, 0.1) is 6.92 Å². The van der Waals surface area contributed by atoms with Gasteiger partial charge in [-0.3, -0.25) is 9.48 Å². The molecule has 0 atom stereocenters. The Morgan fingerprint density at radius 3 is 2.84 bits per heavy atom. The van der Waals surface area contributed by atoms with Crippen molar-refractivity contribution in [3.05, 3.63) is 29.7 Å². The number of aromatic nitrogens is 2. The quantitative estimate of drug-likeness (QED) is 0.619. The third-order valence-electron chi connectivity index (χ3n) is 2.29. The summed E-state index contributed by atoms with van der Waals surface area (Å²) in [5.41, 5.74) is 1.53. The number of nitrogens with zero attached hydrogens (tertiary/aromatic N) is 2. The van der Waals surface area contributed by atoms with E-state index in [0.717, 1.165) is 5.56 Å². The molecule has 1 aromatic rings. The molecular weight excluding hydrogens is 246 g/mol. The average molecular weight is 265 g/mol. The Balaban J connectivity index is 2.36. The van der Waals surface area contributed by atoms with Crippen LogP contribution in [0.2, 0.25) is 0 Å². The third-order valence-corrected chi connectivity index (χ3v) is 2.29. The summed E-state index contributed by atoms with van der Waals surface area (Å²) in [6, 6.07) is 0. The smallest absolute Gasteiger partial charge is 0.332 e. The molecule has 0 aliphatic rings. The lowest BCUT2D eigenvalue weighted by Gasteiger charge is -2.05. The fourth-order valence-electron chi connectivity index (χ4n) is 1.48. The largest absolute Gasteiger partial charge is 0.463 e. The van der Waals surface area contributed by atoms with E-state index < -0.39 is 5.97 Å².